The van der Waals surface area contributed by atoms with Gasteiger partial charge in [-0.3, -0.25) is 9.59 Å². The van der Waals surface area contributed by atoms with E-state index in [9.17, 15) is 9.59 Å². The lowest BCUT2D eigenvalue weighted by Gasteiger charge is -2.23. The number of para-hydroxylation sites is 1. The summed E-state index contributed by atoms with van der Waals surface area (Å²) in [5.74, 6) is -0.179. The Hall–Kier alpha value is -1.59. The molecule has 20 heavy (non-hydrogen) atoms. The van der Waals surface area contributed by atoms with Crippen LogP contribution in [-0.2, 0) is 9.59 Å². The molecule has 1 aromatic rings. The van der Waals surface area contributed by atoms with Gasteiger partial charge < -0.3 is 15.1 Å². The number of anilines is 1. The van der Waals surface area contributed by atoms with Gasteiger partial charge in [0.15, 0.2) is 12.6 Å². The van der Waals surface area contributed by atoms with Gasteiger partial charge in [-0.1, -0.05) is 23.7 Å². The minimum atomic E-state index is -0.276. The number of benzene rings is 1. The van der Waals surface area contributed by atoms with Gasteiger partial charge in [0.25, 0.3) is 11.8 Å². The SMILES string of the molecule is C[C@@H](C(=O)N(C)C)[NH+](C)CC(=O)Nc1ccccc1Cl. The molecular weight excluding hydrogens is 278 g/mol. The van der Waals surface area contributed by atoms with Crippen LogP contribution in [0.5, 0.6) is 0 Å². The second kappa shape index (κ2) is 7.26. The van der Waals surface area contributed by atoms with E-state index in [0.29, 0.717) is 10.7 Å². The van der Waals surface area contributed by atoms with Crippen molar-refractivity contribution in [1.82, 2.24) is 4.90 Å². The molecule has 0 aliphatic heterocycles. The number of hydrogen-bond donors (Lipinski definition) is 2. The van der Waals surface area contributed by atoms with Gasteiger partial charge in [0.2, 0.25) is 0 Å². The van der Waals surface area contributed by atoms with Gasteiger partial charge in [-0.05, 0) is 19.1 Å². The summed E-state index contributed by atoms with van der Waals surface area (Å²) in [7, 11) is 5.23. The molecule has 6 heteroatoms. The maximum atomic E-state index is 12.0. The molecule has 0 bridgehead atoms. The molecule has 2 N–H and O–H groups in total. The van der Waals surface area contributed by atoms with E-state index in [2.05, 4.69) is 5.32 Å². The largest absolute Gasteiger partial charge is 0.344 e. The van der Waals surface area contributed by atoms with Crippen molar-refractivity contribution in [3.63, 3.8) is 0 Å². The molecular formula is C14H21ClN3O2+. The Bertz CT molecular complexity index is 491. The van der Waals surface area contributed by atoms with Crippen LogP contribution in [0.25, 0.3) is 0 Å². The Morgan fingerprint density at radius 2 is 1.95 bits per heavy atom. The van der Waals surface area contributed by atoms with E-state index < -0.39 is 0 Å². The maximum Gasteiger partial charge on any atom is 0.280 e. The van der Waals surface area contributed by atoms with Crippen LogP contribution in [0.1, 0.15) is 6.92 Å². The molecule has 0 aromatic heterocycles. The Morgan fingerprint density at radius 1 is 1.35 bits per heavy atom. The minimum Gasteiger partial charge on any atom is -0.344 e. The molecule has 1 aromatic carbocycles. The number of hydrogen-bond acceptors (Lipinski definition) is 2. The van der Waals surface area contributed by atoms with Gasteiger partial charge >= 0.3 is 0 Å². The molecule has 5 nitrogen and oxygen atoms in total. The maximum absolute atomic E-state index is 12.0. The zero-order chi connectivity index (χ0) is 15.3. The molecule has 0 heterocycles. The zero-order valence-electron chi connectivity index (χ0n) is 12.2. The van der Waals surface area contributed by atoms with Crippen LogP contribution >= 0.6 is 11.6 Å². The molecule has 1 unspecified atom stereocenters. The highest BCUT2D eigenvalue weighted by molar-refractivity contribution is 6.33. The quantitative estimate of drug-likeness (QED) is 0.820. The molecule has 2 amide bonds. The lowest BCUT2D eigenvalue weighted by molar-refractivity contribution is -0.886. The second-order valence-electron chi connectivity index (χ2n) is 5.01. The Morgan fingerprint density at radius 3 is 2.50 bits per heavy atom. The summed E-state index contributed by atoms with van der Waals surface area (Å²) in [5, 5.41) is 3.24. The van der Waals surface area contributed by atoms with Crippen LogP contribution in [0, 0.1) is 0 Å². The molecule has 0 aliphatic carbocycles. The predicted octanol–water partition coefficient (Wildman–Crippen LogP) is 0.270. The standard InChI is InChI=1S/C14H20ClN3O2/c1-10(14(20)17(2)3)18(4)9-13(19)16-12-8-6-5-7-11(12)15/h5-8,10H,9H2,1-4H3,(H,16,19)/p+1/t10-/m0/s1. The van der Waals surface area contributed by atoms with E-state index >= 15 is 0 Å². The van der Waals surface area contributed by atoms with Crippen molar-refractivity contribution in [3.05, 3.63) is 29.3 Å². The highest BCUT2D eigenvalue weighted by Crippen LogP contribution is 2.19. The summed E-state index contributed by atoms with van der Waals surface area (Å²) in [6.07, 6.45) is 0. The van der Waals surface area contributed by atoms with E-state index in [1.165, 1.54) is 4.90 Å². The van der Waals surface area contributed by atoms with E-state index in [-0.39, 0.29) is 24.4 Å². The molecule has 0 saturated heterocycles. The number of likely N-dealkylation sites (N-methyl/N-ethyl adjacent to an activating group) is 2. The summed E-state index contributed by atoms with van der Waals surface area (Å²) in [5.41, 5.74) is 0.582. The summed E-state index contributed by atoms with van der Waals surface area (Å²) in [6.45, 7) is 2.01. The van der Waals surface area contributed by atoms with Crippen LogP contribution in [0.2, 0.25) is 5.02 Å². The fraction of sp³-hybridized carbons (Fsp3) is 0.429. The average Bonchev–Trinajstić information content (AvgIpc) is 2.39. The van der Waals surface area contributed by atoms with E-state index in [4.69, 9.17) is 11.6 Å². The minimum absolute atomic E-state index is 0.00644. The third-order valence-electron chi connectivity index (χ3n) is 3.14. The van der Waals surface area contributed by atoms with Gasteiger partial charge in [-0.25, -0.2) is 0 Å². The lowest BCUT2D eigenvalue weighted by atomic mass is 10.2. The molecule has 0 radical (unpaired) electrons. The van der Waals surface area contributed by atoms with Crippen molar-refractivity contribution in [2.75, 3.05) is 33.0 Å². The van der Waals surface area contributed by atoms with Crippen LogP contribution in [0.15, 0.2) is 24.3 Å². The summed E-state index contributed by atoms with van der Waals surface area (Å²) < 4.78 is 0. The number of carbonyl (C=O) groups excluding carboxylic acids is 2. The Kier molecular flexibility index (Phi) is 5.98. The molecule has 0 fully saturated rings. The van der Waals surface area contributed by atoms with Crippen LogP contribution < -0.4 is 10.2 Å². The molecule has 2 atom stereocenters. The molecule has 0 saturated carbocycles. The molecule has 0 aliphatic rings. The number of nitrogens with one attached hydrogen (secondary N) is 2. The fourth-order valence-corrected chi connectivity index (χ4v) is 1.94. The van der Waals surface area contributed by atoms with Crippen molar-refractivity contribution in [2.45, 2.75) is 13.0 Å². The summed E-state index contributed by atoms with van der Waals surface area (Å²) in [6, 6.07) is 6.78. The van der Waals surface area contributed by atoms with Crippen molar-refractivity contribution < 1.29 is 14.5 Å². The average molecular weight is 299 g/mol. The summed E-state index contributed by atoms with van der Waals surface area (Å²) >= 11 is 5.98. The number of quaternary nitrogens is 1. The normalized spacial score (nSPS) is 13.4. The molecule has 0 spiro atoms. The van der Waals surface area contributed by atoms with Crippen LogP contribution in [0.4, 0.5) is 5.69 Å². The number of nitrogens with zero attached hydrogens (tertiary/aromatic N) is 1. The van der Waals surface area contributed by atoms with Crippen molar-refractivity contribution in [1.29, 1.82) is 0 Å². The van der Waals surface area contributed by atoms with Crippen molar-refractivity contribution in [3.8, 4) is 0 Å². The number of rotatable bonds is 5. The van der Waals surface area contributed by atoms with Crippen molar-refractivity contribution >= 4 is 29.1 Å². The molecule has 110 valence electrons. The first kappa shape index (κ1) is 16.5. The number of halogens is 1. The molecule has 1 rings (SSSR count). The van der Waals surface area contributed by atoms with Gasteiger partial charge in [0, 0.05) is 14.1 Å². The van der Waals surface area contributed by atoms with Crippen LogP contribution in [-0.4, -0.2) is 50.4 Å². The first-order valence-electron chi connectivity index (χ1n) is 6.40. The fourth-order valence-electron chi connectivity index (χ4n) is 1.76. The van der Waals surface area contributed by atoms with E-state index in [1.54, 1.807) is 45.3 Å². The number of amides is 2. The topological polar surface area (TPSA) is 53.9 Å². The van der Waals surface area contributed by atoms with E-state index in [0.717, 1.165) is 4.90 Å². The van der Waals surface area contributed by atoms with Crippen molar-refractivity contribution in [2.24, 2.45) is 0 Å². The zero-order valence-corrected chi connectivity index (χ0v) is 13.0. The third kappa shape index (κ3) is 4.51. The first-order chi connectivity index (χ1) is 9.32. The lowest BCUT2D eigenvalue weighted by Crippen LogP contribution is -3.15. The second-order valence-corrected chi connectivity index (χ2v) is 5.41. The third-order valence-corrected chi connectivity index (χ3v) is 3.47. The van der Waals surface area contributed by atoms with Crippen LogP contribution in [0.3, 0.4) is 0 Å². The smallest absolute Gasteiger partial charge is 0.280 e. The van der Waals surface area contributed by atoms with Gasteiger partial charge in [0.05, 0.1) is 17.8 Å². The van der Waals surface area contributed by atoms with E-state index in [1.807, 2.05) is 7.05 Å². The Balaban J connectivity index is 2.58. The summed E-state index contributed by atoms with van der Waals surface area (Å²) in [4.78, 5) is 26.1. The predicted molar refractivity (Wildman–Crippen MR) is 80.0 cm³/mol. The number of carbonyl (C=O) groups is 2. The van der Waals surface area contributed by atoms with Gasteiger partial charge in [-0.2, -0.15) is 0 Å². The Labute approximate surface area is 124 Å². The van der Waals surface area contributed by atoms with Gasteiger partial charge in [0.1, 0.15) is 0 Å². The highest BCUT2D eigenvalue weighted by Gasteiger charge is 2.25. The van der Waals surface area contributed by atoms with Gasteiger partial charge in [-0.15, -0.1) is 0 Å². The highest BCUT2D eigenvalue weighted by atomic mass is 35.5. The first-order valence-corrected chi connectivity index (χ1v) is 6.78. The monoisotopic (exact) mass is 298 g/mol.